The highest BCUT2D eigenvalue weighted by atomic mass is 32.1. The van der Waals surface area contributed by atoms with E-state index in [2.05, 4.69) is 52.1 Å². The molecule has 2 aromatic heterocycles. The fourth-order valence-electron chi connectivity index (χ4n) is 3.32. The third kappa shape index (κ3) is 4.14. The molecule has 0 saturated carbocycles. The van der Waals surface area contributed by atoms with Gasteiger partial charge in [-0.1, -0.05) is 18.2 Å². The molecule has 0 aliphatic rings. The van der Waals surface area contributed by atoms with E-state index >= 15 is 0 Å². The average molecular weight is 396 g/mol. The number of carbonyl (C=O) groups excluding carboxylic acids is 1. The van der Waals surface area contributed by atoms with Crippen molar-refractivity contribution in [1.82, 2.24) is 24.6 Å². The number of para-hydroxylation sites is 1. The quantitative estimate of drug-likeness (QED) is 0.484. The van der Waals surface area contributed by atoms with E-state index in [1.807, 2.05) is 42.7 Å². The van der Waals surface area contributed by atoms with Crippen molar-refractivity contribution in [3.63, 3.8) is 0 Å². The summed E-state index contributed by atoms with van der Waals surface area (Å²) in [6.45, 7) is 8.49. The largest absolute Gasteiger partial charge is 0.345 e. The maximum Gasteiger partial charge on any atom is 0.244 e. The van der Waals surface area contributed by atoms with Gasteiger partial charge in [-0.3, -0.25) is 9.89 Å². The van der Waals surface area contributed by atoms with Gasteiger partial charge in [0.1, 0.15) is 0 Å². The summed E-state index contributed by atoms with van der Waals surface area (Å²) < 4.78 is 4.63. The molecule has 3 rings (SSSR count). The van der Waals surface area contributed by atoms with Gasteiger partial charge in [0, 0.05) is 29.2 Å². The van der Waals surface area contributed by atoms with Gasteiger partial charge in [0.05, 0.1) is 6.54 Å². The van der Waals surface area contributed by atoms with Crippen molar-refractivity contribution in [2.45, 2.75) is 40.3 Å². The van der Waals surface area contributed by atoms with E-state index in [4.69, 9.17) is 12.2 Å². The van der Waals surface area contributed by atoms with Crippen molar-refractivity contribution in [3.05, 3.63) is 70.0 Å². The highest BCUT2D eigenvalue weighted by Gasteiger charge is 2.11. The lowest BCUT2D eigenvalue weighted by Crippen LogP contribution is -2.23. The smallest absolute Gasteiger partial charge is 0.244 e. The van der Waals surface area contributed by atoms with Gasteiger partial charge in [-0.25, -0.2) is 0 Å². The average Bonchev–Trinajstić information content (AvgIpc) is 3.18. The molecule has 7 heteroatoms. The highest BCUT2D eigenvalue weighted by molar-refractivity contribution is 7.71. The maximum absolute atomic E-state index is 12.3. The second kappa shape index (κ2) is 8.39. The van der Waals surface area contributed by atoms with Gasteiger partial charge in [-0.05, 0) is 69.8 Å². The number of nitrogens with one attached hydrogen (secondary N) is 2. The van der Waals surface area contributed by atoms with Crippen LogP contribution in [0.2, 0.25) is 0 Å². The number of H-pyrrole nitrogens is 1. The van der Waals surface area contributed by atoms with Crippen molar-refractivity contribution in [2.75, 3.05) is 0 Å². The number of aryl methyl sites for hydroxylation is 1. The first-order valence-electron chi connectivity index (χ1n) is 9.24. The van der Waals surface area contributed by atoms with E-state index < -0.39 is 0 Å². The van der Waals surface area contributed by atoms with Crippen LogP contribution < -0.4 is 5.32 Å². The number of rotatable bonds is 6. The molecule has 0 aliphatic carbocycles. The topological polar surface area (TPSA) is 67.6 Å². The van der Waals surface area contributed by atoms with Crippen molar-refractivity contribution >= 4 is 24.2 Å². The van der Waals surface area contributed by atoms with Crippen LogP contribution in [0.15, 0.2) is 42.5 Å². The van der Waals surface area contributed by atoms with Crippen LogP contribution in [-0.2, 0) is 11.3 Å². The predicted molar refractivity (Wildman–Crippen MR) is 114 cm³/mol. The molecule has 3 aromatic rings. The summed E-state index contributed by atoms with van der Waals surface area (Å²) in [5.74, 6) is 0.540. The zero-order chi connectivity index (χ0) is 20.3. The minimum atomic E-state index is -0.172. The highest BCUT2D eigenvalue weighted by Crippen LogP contribution is 2.21. The number of benzene rings is 1. The third-order valence-corrected chi connectivity index (χ3v) is 4.90. The van der Waals surface area contributed by atoms with Crippen LogP contribution in [0.25, 0.3) is 11.8 Å². The number of carbonyl (C=O) groups is 1. The van der Waals surface area contributed by atoms with Crippen LogP contribution in [-0.4, -0.2) is 25.2 Å². The molecule has 6 nitrogen and oxygen atoms in total. The van der Waals surface area contributed by atoms with Gasteiger partial charge in [0.2, 0.25) is 5.91 Å². The van der Waals surface area contributed by atoms with Gasteiger partial charge < -0.3 is 14.5 Å². The second-order valence-corrected chi connectivity index (χ2v) is 7.34. The monoisotopic (exact) mass is 395 g/mol. The maximum atomic E-state index is 12.3. The first kappa shape index (κ1) is 19.8. The first-order chi connectivity index (χ1) is 13.4. The molecule has 0 unspecified atom stereocenters. The third-order valence-electron chi connectivity index (χ3n) is 4.61. The number of aromatic amines is 1. The van der Waals surface area contributed by atoms with Crippen LogP contribution >= 0.6 is 12.2 Å². The Labute approximate surface area is 169 Å². The Morgan fingerprint density at radius 2 is 2.00 bits per heavy atom. The lowest BCUT2D eigenvalue weighted by atomic mass is 10.2. The van der Waals surface area contributed by atoms with Crippen molar-refractivity contribution in [2.24, 2.45) is 0 Å². The Hall–Kier alpha value is -2.93. The van der Waals surface area contributed by atoms with Crippen LogP contribution in [0, 0.1) is 18.6 Å². The Kier molecular flexibility index (Phi) is 5.94. The number of hydrogen-bond acceptors (Lipinski definition) is 3. The van der Waals surface area contributed by atoms with E-state index in [1.165, 1.54) is 0 Å². The van der Waals surface area contributed by atoms with Crippen molar-refractivity contribution in [3.8, 4) is 5.69 Å². The summed E-state index contributed by atoms with van der Waals surface area (Å²) in [6, 6.07) is 12.4. The Balaban J connectivity index is 1.71. The van der Waals surface area contributed by atoms with E-state index in [1.54, 1.807) is 6.08 Å². The molecule has 2 N–H and O–H groups in total. The molecule has 0 fully saturated rings. The Morgan fingerprint density at radius 1 is 1.29 bits per heavy atom. The molecule has 0 spiro atoms. The van der Waals surface area contributed by atoms with Crippen LogP contribution in [0.3, 0.4) is 0 Å². The summed E-state index contributed by atoms with van der Waals surface area (Å²) in [4.78, 5) is 12.3. The van der Waals surface area contributed by atoms with Gasteiger partial charge in [-0.2, -0.15) is 5.10 Å². The zero-order valence-electron chi connectivity index (χ0n) is 16.6. The first-order valence-corrected chi connectivity index (χ1v) is 9.65. The normalized spacial score (nSPS) is 11.5. The summed E-state index contributed by atoms with van der Waals surface area (Å²) in [6.07, 6.45) is 3.40. The summed E-state index contributed by atoms with van der Waals surface area (Å²) in [7, 11) is 0. The van der Waals surface area contributed by atoms with Gasteiger partial charge in [0.15, 0.2) is 10.6 Å². The Morgan fingerprint density at radius 3 is 2.68 bits per heavy atom. The molecular weight excluding hydrogens is 370 g/mol. The van der Waals surface area contributed by atoms with E-state index in [9.17, 15) is 4.79 Å². The van der Waals surface area contributed by atoms with Crippen LogP contribution in [0.1, 0.15) is 42.7 Å². The molecule has 28 heavy (non-hydrogen) atoms. The molecule has 0 atom stereocenters. The van der Waals surface area contributed by atoms with E-state index in [0.29, 0.717) is 17.1 Å². The minimum absolute atomic E-state index is 0.172. The molecule has 1 amide bonds. The molecule has 0 bridgehead atoms. The van der Waals surface area contributed by atoms with Crippen LogP contribution in [0.4, 0.5) is 0 Å². The molecule has 146 valence electrons. The van der Waals surface area contributed by atoms with Crippen molar-refractivity contribution < 1.29 is 4.79 Å². The SMILES string of the molecule is Cc1cc(C=CC(=O)NCc2n[nH]c(=S)n2C(C)C)c(C)n1-c1ccccc1. The van der Waals surface area contributed by atoms with Crippen molar-refractivity contribution in [1.29, 1.82) is 0 Å². The molecule has 2 heterocycles. The fraction of sp³-hybridized carbons (Fsp3) is 0.286. The standard InChI is InChI=1S/C21H25N5OS/c1-14(2)25-19(23-24-21(25)28)13-22-20(27)11-10-17-12-15(3)26(16(17)4)18-8-6-5-7-9-18/h5-12,14H,13H2,1-4H3,(H,22,27)(H,24,28). The predicted octanol–water partition coefficient (Wildman–Crippen LogP) is 4.26. The molecule has 0 aliphatic heterocycles. The van der Waals surface area contributed by atoms with E-state index in [-0.39, 0.29) is 11.9 Å². The number of nitrogens with zero attached hydrogens (tertiary/aromatic N) is 3. The number of aromatic nitrogens is 4. The summed E-state index contributed by atoms with van der Waals surface area (Å²) in [5, 5.41) is 9.84. The van der Waals surface area contributed by atoms with Gasteiger partial charge in [0.25, 0.3) is 0 Å². The number of amides is 1. The lowest BCUT2D eigenvalue weighted by Gasteiger charge is -2.10. The fourth-order valence-corrected chi connectivity index (χ4v) is 3.68. The molecule has 0 radical (unpaired) electrons. The summed E-state index contributed by atoms with van der Waals surface area (Å²) in [5.41, 5.74) is 4.34. The minimum Gasteiger partial charge on any atom is -0.345 e. The van der Waals surface area contributed by atoms with Crippen LogP contribution in [0.5, 0.6) is 0 Å². The number of hydrogen-bond donors (Lipinski definition) is 2. The Bertz CT molecular complexity index is 1060. The van der Waals surface area contributed by atoms with E-state index in [0.717, 1.165) is 22.6 Å². The van der Waals surface area contributed by atoms with Gasteiger partial charge in [-0.15, -0.1) is 0 Å². The zero-order valence-corrected chi connectivity index (χ0v) is 17.4. The lowest BCUT2D eigenvalue weighted by molar-refractivity contribution is -0.116. The van der Waals surface area contributed by atoms with Gasteiger partial charge >= 0.3 is 0 Å². The summed E-state index contributed by atoms with van der Waals surface area (Å²) >= 11 is 5.23. The second-order valence-electron chi connectivity index (χ2n) is 6.96. The molecule has 0 saturated heterocycles. The molecular formula is C21H25N5OS. The molecule has 1 aromatic carbocycles.